The molecule has 1 spiro atoms. The second kappa shape index (κ2) is 8.42. The van der Waals surface area contributed by atoms with E-state index in [4.69, 9.17) is 4.74 Å². The number of nitrogens with zero attached hydrogens (tertiary/aromatic N) is 2. The van der Waals surface area contributed by atoms with Gasteiger partial charge < -0.3 is 9.64 Å². The van der Waals surface area contributed by atoms with Gasteiger partial charge in [-0.15, -0.1) is 0 Å². The maximum Gasteiger partial charge on any atom is 0.313 e. The molecule has 1 heterocycles. The van der Waals surface area contributed by atoms with Gasteiger partial charge in [-0.3, -0.25) is 19.2 Å². The van der Waals surface area contributed by atoms with Gasteiger partial charge >= 0.3 is 5.97 Å². The normalized spacial score (nSPS) is 45.0. The van der Waals surface area contributed by atoms with Gasteiger partial charge in [0.05, 0.1) is 11.0 Å². The highest BCUT2D eigenvalue weighted by molar-refractivity contribution is 6.16. The number of esters is 1. The number of ether oxygens (including phenoxy) is 1. The number of allylic oxidation sites excluding steroid dienone is 3. The summed E-state index contributed by atoms with van der Waals surface area (Å²) in [5.74, 6) is -1.92. The lowest BCUT2D eigenvalue weighted by molar-refractivity contribution is -0.199. The highest BCUT2D eigenvalue weighted by Crippen LogP contribution is 2.76. The molecular weight excluding hydrogens is 516 g/mol. The topological polar surface area (TPSA) is 105 Å². The lowest BCUT2D eigenvalue weighted by Gasteiger charge is -2.68. The van der Waals surface area contributed by atoms with Crippen LogP contribution in [0.15, 0.2) is 23.3 Å². The van der Waals surface area contributed by atoms with E-state index in [0.717, 1.165) is 12.0 Å². The molecule has 1 unspecified atom stereocenters. The molecular formula is C34H46N2O5. The quantitative estimate of drug-likeness (QED) is 0.328. The summed E-state index contributed by atoms with van der Waals surface area (Å²) in [6, 6.07) is 2.07. The maximum atomic E-state index is 14.6. The molecule has 1 aliphatic heterocycles. The van der Waals surface area contributed by atoms with Crippen LogP contribution in [0.25, 0.3) is 0 Å². The Morgan fingerprint density at radius 2 is 1.73 bits per heavy atom. The van der Waals surface area contributed by atoms with Gasteiger partial charge in [0.2, 0.25) is 5.91 Å². The van der Waals surface area contributed by atoms with Crippen molar-refractivity contribution in [2.75, 3.05) is 14.1 Å². The average molecular weight is 563 g/mol. The van der Waals surface area contributed by atoms with Gasteiger partial charge in [-0.05, 0) is 73.8 Å². The van der Waals surface area contributed by atoms with E-state index in [-0.39, 0.29) is 34.6 Å². The third kappa shape index (κ3) is 3.25. The van der Waals surface area contributed by atoms with Crippen molar-refractivity contribution in [1.29, 1.82) is 5.26 Å². The Labute approximate surface area is 244 Å². The Kier molecular flexibility index (Phi) is 6.11. The van der Waals surface area contributed by atoms with Crippen LogP contribution in [0.2, 0.25) is 0 Å². The maximum absolute atomic E-state index is 14.6. The molecule has 1 amide bonds. The molecule has 0 radical (unpaired) electrons. The van der Waals surface area contributed by atoms with E-state index in [0.29, 0.717) is 32.1 Å². The highest BCUT2D eigenvalue weighted by Gasteiger charge is 2.81. The van der Waals surface area contributed by atoms with Crippen molar-refractivity contribution in [2.24, 2.45) is 44.3 Å². The predicted molar refractivity (Wildman–Crippen MR) is 154 cm³/mol. The molecule has 8 atom stereocenters. The first kappa shape index (κ1) is 29.7. The number of nitriles is 1. The van der Waals surface area contributed by atoms with Crippen LogP contribution in [0.5, 0.6) is 0 Å². The lowest BCUT2D eigenvalue weighted by atomic mass is 9.34. The number of amides is 1. The van der Waals surface area contributed by atoms with Crippen LogP contribution in [-0.2, 0) is 23.9 Å². The standard InChI is InChI=1S/C34H46N2O5/c1-20-33(15-13-28(2,3)4)16-14-31(7)30(6)12-11-22-29(5,23(30)17-24(37)34(20,31)41-27(33)40)18-21(19-35)25(38)32(22,8)26(39)36(9)10/h17-18,20,22H,11-16H2,1-10H3/t20?,22-,29+,30-,31+,32+,33+,34-/m1/s1. The minimum Gasteiger partial charge on any atom is -0.449 e. The lowest BCUT2D eigenvalue weighted by Crippen LogP contribution is -2.71. The summed E-state index contributed by atoms with van der Waals surface area (Å²) < 4.78 is 6.41. The van der Waals surface area contributed by atoms with Crippen LogP contribution in [0.3, 0.4) is 0 Å². The SMILES string of the molecule is CC1[C@]2(CCC(C)(C)C)CC[C@@]3(C)[C@]4(C)CC[C@H]5[C@](C)(C(=O)N(C)C)C(=O)C(C#N)=C[C@]5(C)C4=CC(=O)[C@]13OC2=O. The van der Waals surface area contributed by atoms with Crippen LogP contribution in [0.1, 0.15) is 93.9 Å². The molecule has 3 fully saturated rings. The van der Waals surface area contributed by atoms with E-state index >= 15 is 0 Å². The highest BCUT2D eigenvalue weighted by atomic mass is 16.6. The molecule has 0 aromatic carbocycles. The largest absolute Gasteiger partial charge is 0.449 e. The molecule has 2 bridgehead atoms. The van der Waals surface area contributed by atoms with Gasteiger partial charge in [-0.1, -0.05) is 54.5 Å². The fraction of sp³-hybridized carbons (Fsp3) is 0.735. The van der Waals surface area contributed by atoms with Crippen molar-refractivity contribution in [1.82, 2.24) is 4.90 Å². The Morgan fingerprint density at radius 1 is 1.10 bits per heavy atom. The summed E-state index contributed by atoms with van der Waals surface area (Å²) >= 11 is 0. The molecule has 0 aromatic heterocycles. The smallest absolute Gasteiger partial charge is 0.313 e. The van der Waals surface area contributed by atoms with E-state index < -0.39 is 44.4 Å². The summed E-state index contributed by atoms with van der Waals surface area (Å²) in [6.45, 7) is 16.5. The van der Waals surface area contributed by atoms with Gasteiger partial charge in [-0.25, -0.2) is 0 Å². The zero-order valence-corrected chi connectivity index (χ0v) is 26.5. The Bertz CT molecular complexity index is 1380. The monoisotopic (exact) mass is 562 g/mol. The van der Waals surface area contributed by atoms with Crippen LogP contribution < -0.4 is 0 Å². The molecule has 222 valence electrons. The van der Waals surface area contributed by atoms with Crippen LogP contribution in [0, 0.1) is 55.7 Å². The Hall–Kier alpha value is -2.75. The Morgan fingerprint density at radius 3 is 2.29 bits per heavy atom. The minimum atomic E-state index is -1.43. The zero-order valence-electron chi connectivity index (χ0n) is 26.5. The number of hydrogen-bond acceptors (Lipinski definition) is 6. The summed E-state index contributed by atoms with van der Waals surface area (Å²) in [5.41, 5.74) is -4.63. The second-order valence-corrected chi connectivity index (χ2v) is 15.9. The fourth-order valence-corrected chi connectivity index (χ4v) is 10.2. The second-order valence-electron chi connectivity index (χ2n) is 15.9. The van der Waals surface area contributed by atoms with E-state index in [2.05, 4.69) is 40.7 Å². The van der Waals surface area contributed by atoms with Crippen molar-refractivity contribution in [3.63, 3.8) is 0 Å². The third-order valence-electron chi connectivity index (χ3n) is 12.8. The zero-order chi connectivity index (χ0) is 30.8. The van der Waals surface area contributed by atoms with Crippen molar-refractivity contribution < 1.29 is 23.9 Å². The molecule has 7 nitrogen and oxygen atoms in total. The number of hydrogen-bond donors (Lipinski definition) is 0. The molecule has 0 aromatic rings. The van der Waals surface area contributed by atoms with Gasteiger partial charge in [0.1, 0.15) is 11.5 Å². The first-order valence-electron chi connectivity index (χ1n) is 15.1. The van der Waals surface area contributed by atoms with Crippen LogP contribution in [0.4, 0.5) is 0 Å². The predicted octanol–water partition coefficient (Wildman–Crippen LogP) is 5.59. The number of Topliss-reactive ketones (excluding diaryl/α,β-unsaturated/α-hetero) is 1. The van der Waals surface area contributed by atoms with Crippen molar-refractivity contribution in [2.45, 2.75) is 99.5 Å². The molecule has 2 saturated carbocycles. The molecule has 1 saturated heterocycles. The Balaban J connectivity index is 1.70. The first-order chi connectivity index (χ1) is 18.7. The van der Waals surface area contributed by atoms with Crippen LogP contribution >= 0.6 is 0 Å². The molecule has 5 aliphatic rings. The fourth-order valence-electron chi connectivity index (χ4n) is 10.2. The minimum absolute atomic E-state index is 0.0324. The number of rotatable bonds is 3. The van der Waals surface area contributed by atoms with Crippen molar-refractivity contribution in [3.8, 4) is 6.07 Å². The van der Waals surface area contributed by atoms with Gasteiger partial charge in [-0.2, -0.15) is 5.26 Å². The van der Waals surface area contributed by atoms with Gasteiger partial charge in [0.25, 0.3) is 0 Å². The average Bonchev–Trinajstić information content (AvgIpc) is 3.03. The molecule has 4 aliphatic carbocycles. The first-order valence-corrected chi connectivity index (χ1v) is 15.1. The summed E-state index contributed by atoms with van der Waals surface area (Å²) in [7, 11) is 3.26. The summed E-state index contributed by atoms with van der Waals surface area (Å²) in [4.78, 5) is 57.2. The van der Waals surface area contributed by atoms with Gasteiger partial charge in [0.15, 0.2) is 17.2 Å². The molecule has 7 heteroatoms. The van der Waals surface area contributed by atoms with Gasteiger partial charge in [0, 0.05) is 30.8 Å². The van der Waals surface area contributed by atoms with Crippen molar-refractivity contribution >= 4 is 23.4 Å². The number of ketones is 2. The number of carbonyl (C=O) groups is 4. The third-order valence-corrected chi connectivity index (χ3v) is 12.8. The van der Waals surface area contributed by atoms with Crippen LogP contribution in [-0.4, -0.2) is 48.0 Å². The molecule has 0 N–H and O–H groups in total. The molecule has 5 rings (SSSR count). The summed E-state index contributed by atoms with van der Waals surface area (Å²) in [6.07, 6.45) is 7.49. The van der Waals surface area contributed by atoms with E-state index in [1.54, 1.807) is 33.2 Å². The number of carbonyl (C=O) groups excluding carboxylic acids is 4. The molecule has 41 heavy (non-hydrogen) atoms. The number of fused-ring (bicyclic) bond motifs is 5. The summed E-state index contributed by atoms with van der Waals surface area (Å²) in [5, 5.41) is 10.0. The van der Waals surface area contributed by atoms with E-state index in [9.17, 15) is 24.4 Å². The van der Waals surface area contributed by atoms with E-state index in [1.165, 1.54) is 4.90 Å². The van der Waals surface area contributed by atoms with E-state index in [1.807, 2.05) is 13.8 Å². The van der Waals surface area contributed by atoms with Crippen molar-refractivity contribution in [3.05, 3.63) is 23.3 Å².